The zero-order valence-corrected chi connectivity index (χ0v) is 12.1. The lowest BCUT2D eigenvalue weighted by atomic mass is 9.83. The molecule has 2 nitrogen and oxygen atoms in total. The fraction of sp³-hybridized carbons (Fsp3) is 1.00. The third-order valence-electron chi connectivity index (χ3n) is 3.76. The Morgan fingerprint density at radius 2 is 1.75 bits per heavy atom. The second kappa shape index (κ2) is 7.05. The third-order valence-corrected chi connectivity index (χ3v) is 3.76. The molecule has 0 aromatic rings. The molecule has 2 heterocycles. The first-order chi connectivity index (χ1) is 6.67. The van der Waals surface area contributed by atoms with Crippen molar-refractivity contribution in [1.29, 1.82) is 0 Å². The number of nitrogens with one attached hydrogen (secondary N) is 1. The maximum Gasteiger partial charge on any atom is 0.0120 e. The van der Waals surface area contributed by atoms with Crippen LogP contribution in [0.3, 0.4) is 0 Å². The fourth-order valence-electron chi connectivity index (χ4n) is 2.95. The van der Waals surface area contributed by atoms with Crippen LogP contribution < -0.4 is 5.32 Å². The van der Waals surface area contributed by atoms with Gasteiger partial charge in [-0.15, -0.1) is 24.8 Å². The SMILES string of the molecule is CC1(C)CCCN(C2CCNCC2)C1.Cl.Cl. The molecule has 98 valence electrons. The fourth-order valence-corrected chi connectivity index (χ4v) is 2.95. The average Bonchev–Trinajstić information content (AvgIpc) is 2.18. The molecule has 0 amide bonds. The van der Waals surface area contributed by atoms with Gasteiger partial charge in [0.25, 0.3) is 0 Å². The van der Waals surface area contributed by atoms with Crippen molar-refractivity contribution in [1.82, 2.24) is 10.2 Å². The molecule has 0 bridgehead atoms. The van der Waals surface area contributed by atoms with E-state index in [2.05, 4.69) is 24.1 Å². The smallest absolute Gasteiger partial charge is 0.0120 e. The molecule has 0 saturated carbocycles. The molecule has 0 aliphatic carbocycles. The van der Waals surface area contributed by atoms with E-state index in [0.29, 0.717) is 5.41 Å². The minimum Gasteiger partial charge on any atom is -0.317 e. The minimum absolute atomic E-state index is 0. The highest BCUT2D eigenvalue weighted by molar-refractivity contribution is 5.85. The highest BCUT2D eigenvalue weighted by Crippen LogP contribution is 2.30. The van der Waals surface area contributed by atoms with E-state index in [9.17, 15) is 0 Å². The van der Waals surface area contributed by atoms with Crippen molar-refractivity contribution in [3.05, 3.63) is 0 Å². The molecule has 1 N–H and O–H groups in total. The number of nitrogens with zero attached hydrogens (tertiary/aromatic N) is 1. The zero-order valence-electron chi connectivity index (χ0n) is 10.5. The Morgan fingerprint density at radius 3 is 2.31 bits per heavy atom. The van der Waals surface area contributed by atoms with Gasteiger partial charge in [-0.05, 0) is 50.7 Å². The maximum atomic E-state index is 3.45. The quantitative estimate of drug-likeness (QED) is 0.787. The van der Waals surface area contributed by atoms with Gasteiger partial charge in [0.1, 0.15) is 0 Å². The molecule has 16 heavy (non-hydrogen) atoms. The molecule has 4 heteroatoms. The summed E-state index contributed by atoms with van der Waals surface area (Å²) in [6, 6.07) is 0.871. The van der Waals surface area contributed by atoms with Crippen LogP contribution in [0.4, 0.5) is 0 Å². The summed E-state index contributed by atoms with van der Waals surface area (Å²) in [6.07, 6.45) is 5.53. The number of rotatable bonds is 1. The number of hydrogen-bond acceptors (Lipinski definition) is 2. The van der Waals surface area contributed by atoms with Crippen molar-refractivity contribution in [3.63, 3.8) is 0 Å². The molecule has 2 aliphatic heterocycles. The van der Waals surface area contributed by atoms with Gasteiger partial charge >= 0.3 is 0 Å². The molecule has 0 atom stereocenters. The highest BCUT2D eigenvalue weighted by Gasteiger charge is 2.30. The Labute approximate surface area is 112 Å². The number of halogens is 2. The van der Waals surface area contributed by atoms with Crippen LogP contribution in [0.1, 0.15) is 39.5 Å². The van der Waals surface area contributed by atoms with Crippen molar-refractivity contribution in [2.24, 2.45) is 5.41 Å². The lowest BCUT2D eigenvalue weighted by Gasteiger charge is -2.43. The van der Waals surface area contributed by atoms with Gasteiger partial charge in [0.2, 0.25) is 0 Å². The van der Waals surface area contributed by atoms with Crippen LogP contribution in [0.25, 0.3) is 0 Å². The largest absolute Gasteiger partial charge is 0.317 e. The summed E-state index contributed by atoms with van der Waals surface area (Å²) in [5, 5.41) is 3.45. The van der Waals surface area contributed by atoms with Gasteiger partial charge in [0.05, 0.1) is 0 Å². The lowest BCUT2D eigenvalue weighted by molar-refractivity contribution is 0.0645. The van der Waals surface area contributed by atoms with Crippen LogP contribution in [-0.2, 0) is 0 Å². The van der Waals surface area contributed by atoms with Gasteiger partial charge in [-0.3, -0.25) is 4.90 Å². The summed E-state index contributed by atoms with van der Waals surface area (Å²) in [7, 11) is 0. The Kier molecular flexibility index (Phi) is 7.27. The molecule has 2 aliphatic rings. The average molecular weight is 269 g/mol. The van der Waals surface area contributed by atoms with E-state index in [1.807, 2.05) is 0 Å². The van der Waals surface area contributed by atoms with E-state index in [1.54, 1.807) is 0 Å². The summed E-state index contributed by atoms with van der Waals surface area (Å²) < 4.78 is 0. The molecule has 0 radical (unpaired) electrons. The first-order valence-electron chi connectivity index (χ1n) is 6.12. The van der Waals surface area contributed by atoms with Gasteiger partial charge in [0, 0.05) is 12.6 Å². The second-order valence-corrected chi connectivity index (χ2v) is 5.72. The summed E-state index contributed by atoms with van der Waals surface area (Å²) >= 11 is 0. The normalized spacial score (nSPS) is 26.6. The highest BCUT2D eigenvalue weighted by atomic mass is 35.5. The summed E-state index contributed by atoms with van der Waals surface area (Å²) in [4.78, 5) is 2.74. The standard InChI is InChI=1S/C12H24N2.2ClH/c1-12(2)6-3-9-14(10-12)11-4-7-13-8-5-11;;/h11,13H,3-10H2,1-2H3;2*1H. The minimum atomic E-state index is 0. The van der Waals surface area contributed by atoms with Crippen LogP contribution in [0, 0.1) is 5.41 Å². The molecule has 0 aromatic heterocycles. The molecule has 0 unspecified atom stereocenters. The monoisotopic (exact) mass is 268 g/mol. The summed E-state index contributed by atoms with van der Waals surface area (Å²) in [5.41, 5.74) is 0.559. The van der Waals surface area contributed by atoms with Crippen LogP contribution in [0.5, 0.6) is 0 Å². The maximum absolute atomic E-state index is 3.45. The first kappa shape index (κ1) is 16.5. The molecule has 2 rings (SSSR count). The second-order valence-electron chi connectivity index (χ2n) is 5.72. The molecular formula is C12H26Cl2N2. The van der Waals surface area contributed by atoms with Gasteiger partial charge in [-0.1, -0.05) is 13.8 Å². The van der Waals surface area contributed by atoms with Gasteiger partial charge in [0.15, 0.2) is 0 Å². The van der Waals surface area contributed by atoms with Crippen LogP contribution in [0.2, 0.25) is 0 Å². The predicted molar refractivity (Wildman–Crippen MR) is 75.0 cm³/mol. The lowest BCUT2D eigenvalue weighted by Crippen LogP contribution is -2.49. The Morgan fingerprint density at radius 1 is 1.12 bits per heavy atom. The summed E-state index contributed by atoms with van der Waals surface area (Å²) in [5.74, 6) is 0. The van der Waals surface area contributed by atoms with E-state index >= 15 is 0 Å². The van der Waals surface area contributed by atoms with Crippen LogP contribution in [0.15, 0.2) is 0 Å². The van der Waals surface area contributed by atoms with Gasteiger partial charge < -0.3 is 5.32 Å². The van der Waals surface area contributed by atoms with E-state index in [-0.39, 0.29) is 24.8 Å². The zero-order chi connectivity index (χ0) is 10.0. The van der Waals surface area contributed by atoms with Crippen LogP contribution >= 0.6 is 24.8 Å². The van der Waals surface area contributed by atoms with Crippen molar-refractivity contribution in [2.75, 3.05) is 26.2 Å². The number of likely N-dealkylation sites (tertiary alicyclic amines) is 1. The van der Waals surface area contributed by atoms with E-state index in [4.69, 9.17) is 0 Å². The van der Waals surface area contributed by atoms with Gasteiger partial charge in [-0.2, -0.15) is 0 Å². The summed E-state index contributed by atoms with van der Waals surface area (Å²) in [6.45, 7) is 9.94. The Bertz CT molecular complexity index is 191. The van der Waals surface area contributed by atoms with E-state index in [0.717, 1.165) is 6.04 Å². The van der Waals surface area contributed by atoms with Crippen molar-refractivity contribution >= 4 is 24.8 Å². The van der Waals surface area contributed by atoms with Crippen molar-refractivity contribution in [3.8, 4) is 0 Å². The predicted octanol–water partition coefficient (Wildman–Crippen LogP) is 2.70. The Hall–Kier alpha value is 0.500. The molecular weight excluding hydrogens is 243 g/mol. The number of hydrogen-bond donors (Lipinski definition) is 1. The topological polar surface area (TPSA) is 15.3 Å². The molecule has 2 saturated heterocycles. The third kappa shape index (κ3) is 4.40. The molecule has 2 fully saturated rings. The number of piperidine rings is 2. The molecule has 0 spiro atoms. The van der Waals surface area contributed by atoms with Crippen molar-refractivity contribution < 1.29 is 0 Å². The van der Waals surface area contributed by atoms with E-state index in [1.165, 1.54) is 51.9 Å². The van der Waals surface area contributed by atoms with Gasteiger partial charge in [-0.25, -0.2) is 0 Å². The van der Waals surface area contributed by atoms with Crippen LogP contribution in [-0.4, -0.2) is 37.1 Å². The van der Waals surface area contributed by atoms with Crippen molar-refractivity contribution in [2.45, 2.75) is 45.6 Å². The Balaban J connectivity index is 0.00000112. The van der Waals surface area contributed by atoms with E-state index < -0.39 is 0 Å². The first-order valence-corrected chi connectivity index (χ1v) is 6.12. The molecule has 0 aromatic carbocycles.